The lowest BCUT2D eigenvalue weighted by Crippen LogP contribution is -2.45. The monoisotopic (exact) mass is 400 g/mol. The second-order valence-electron chi connectivity index (χ2n) is 6.99. The van der Waals surface area contributed by atoms with E-state index in [1.807, 2.05) is 12.1 Å². The first-order valence-electron chi connectivity index (χ1n) is 9.47. The van der Waals surface area contributed by atoms with Crippen LogP contribution in [-0.2, 0) is 11.3 Å². The Balaban J connectivity index is 1.52. The predicted molar refractivity (Wildman–Crippen MR) is 102 cm³/mol. The third-order valence-corrected chi connectivity index (χ3v) is 4.86. The zero-order valence-electron chi connectivity index (χ0n) is 16.0. The third-order valence-electron chi connectivity index (χ3n) is 4.86. The van der Waals surface area contributed by atoms with E-state index in [-0.39, 0.29) is 6.04 Å². The van der Waals surface area contributed by atoms with Crippen molar-refractivity contribution in [2.45, 2.75) is 25.2 Å². The van der Waals surface area contributed by atoms with Gasteiger partial charge in [-0.25, -0.2) is 4.98 Å². The summed E-state index contributed by atoms with van der Waals surface area (Å²) < 4.78 is 43.0. The number of alkyl halides is 3. The minimum Gasteiger partial charge on any atom is -0.378 e. The Hall–Kier alpha value is -2.07. The Bertz CT molecular complexity index is 663. The smallest absolute Gasteiger partial charge is 0.378 e. The van der Waals surface area contributed by atoms with Gasteiger partial charge in [-0.1, -0.05) is 6.07 Å². The van der Waals surface area contributed by atoms with Gasteiger partial charge in [-0.2, -0.15) is 13.2 Å². The van der Waals surface area contributed by atoms with Gasteiger partial charge in [-0.15, -0.1) is 0 Å². The van der Waals surface area contributed by atoms with E-state index in [2.05, 4.69) is 25.5 Å². The van der Waals surface area contributed by atoms with Crippen molar-refractivity contribution >= 4 is 11.8 Å². The standard InChI is InChI=1S/C18H27F3N6O/c1-22-17(25-15-4-6-26(12-15)13-18(19,20)21)24-11-14-3-2-5-23-16(14)27-7-9-28-10-8-27/h2-3,5,15H,4,6-13H2,1H3,(H2,22,24,25). The number of guanidine groups is 1. The van der Waals surface area contributed by atoms with Crippen LogP contribution in [0.25, 0.3) is 0 Å². The molecule has 28 heavy (non-hydrogen) atoms. The second kappa shape index (κ2) is 9.42. The lowest BCUT2D eigenvalue weighted by atomic mass is 10.2. The third kappa shape index (κ3) is 5.96. The number of halogens is 3. The molecule has 7 nitrogen and oxygen atoms in total. The maximum atomic E-state index is 12.5. The first-order chi connectivity index (χ1) is 13.4. The highest BCUT2D eigenvalue weighted by atomic mass is 19.4. The van der Waals surface area contributed by atoms with Gasteiger partial charge in [0.05, 0.1) is 19.8 Å². The molecular weight excluding hydrogens is 373 g/mol. The predicted octanol–water partition coefficient (Wildman–Crippen LogP) is 1.22. The summed E-state index contributed by atoms with van der Waals surface area (Å²) >= 11 is 0. The van der Waals surface area contributed by atoms with E-state index in [1.54, 1.807) is 13.2 Å². The summed E-state index contributed by atoms with van der Waals surface area (Å²) in [6.07, 6.45) is -1.73. The van der Waals surface area contributed by atoms with Gasteiger partial charge in [0.25, 0.3) is 0 Å². The molecule has 2 N–H and O–H groups in total. The van der Waals surface area contributed by atoms with E-state index in [9.17, 15) is 13.2 Å². The molecular formula is C18H27F3N6O. The van der Waals surface area contributed by atoms with Crippen LogP contribution in [0, 0.1) is 0 Å². The van der Waals surface area contributed by atoms with Crippen molar-refractivity contribution in [3.63, 3.8) is 0 Å². The molecule has 0 aliphatic carbocycles. The lowest BCUT2D eigenvalue weighted by Gasteiger charge is -2.29. The molecule has 2 saturated heterocycles. The number of likely N-dealkylation sites (tertiary alicyclic amines) is 1. The number of nitrogens with one attached hydrogen (secondary N) is 2. The van der Waals surface area contributed by atoms with Crippen LogP contribution in [0.5, 0.6) is 0 Å². The number of nitrogens with zero attached hydrogens (tertiary/aromatic N) is 4. The van der Waals surface area contributed by atoms with Crippen molar-refractivity contribution in [1.82, 2.24) is 20.5 Å². The highest BCUT2D eigenvalue weighted by molar-refractivity contribution is 5.80. The molecule has 156 valence electrons. The summed E-state index contributed by atoms with van der Waals surface area (Å²) in [5.74, 6) is 1.50. The Morgan fingerprint density at radius 2 is 2.11 bits per heavy atom. The summed E-state index contributed by atoms with van der Waals surface area (Å²) in [6.45, 7) is 3.41. The fourth-order valence-electron chi connectivity index (χ4n) is 3.54. The van der Waals surface area contributed by atoms with Crippen LogP contribution >= 0.6 is 0 Å². The Morgan fingerprint density at radius 1 is 1.32 bits per heavy atom. The van der Waals surface area contributed by atoms with Crippen LogP contribution in [0.4, 0.5) is 19.0 Å². The number of aliphatic imine (C=N–C) groups is 1. The molecule has 2 fully saturated rings. The minimum atomic E-state index is -4.16. The molecule has 2 aliphatic rings. The molecule has 0 aromatic carbocycles. The fourth-order valence-corrected chi connectivity index (χ4v) is 3.54. The van der Waals surface area contributed by atoms with Gasteiger partial charge >= 0.3 is 6.18 Å². The zero-order valence-corrected chi connectivity index (χ0v) is 16.0. The average Bonchev–Trinajstić information content (AvgIpc) is 3.11. The number of hydrogen-bond donors (Lipinski definition) is 2. The molecule has 2 aliphatic heterocycles. The van der Waals surface area contributed by atoms with Crippen LogP contribution in [0.2, 0.25) is 0 Å². The molecule has 3 heterocycles. The first kappa shape index (κ1) is 20.7. The van der Waals surface area contributed by atoms with Gasteiger partial charge in [-0.3, -0.25) is 9.89 Å². The van der Waals surface area contributed by atoms with Crippen molar-refractivity contribution < 1.29 is 17.9 Å². The van der Waals surface area contributed by atoms with E-state index in [0.717, 1.165) is 24.5 Å². The number of aromatic nitrogens is 1. The van der Waals surface area contributed by atoms with Crippen LogP contribution in [0.15, 0.2) is 23.3 Å². The van der Waals surface area contributed by atoms with E-state index < -0.39 is 12.7 Å². The summed E-state index contributed by atoms with van der Waals surface area (Å²) in [5.41, 5.74) is 1.04. The van der Waals surface area contributed by atoms with Crippen LogP contribution in [-0.4, -0.2) is 81.0 Å². The number of hydrogen-bond acceptors (Lipinski definition) is 5. The summed E-state index contributed by atoms with van der Waals surface area (Å²) in [6, 6.07) is 3.85. The molecule has 0 radical (unpaired) electrons. The second-order valence-corrected chi connectivity index (χ2v) is 6.99. The first-order valence-corrected chi connectivity index (χ1v) is 9.47. The van der Waals surface area contributed by atoms with E-state index in [4.69, 9.17) is 4.74 Å². The topological polar surface area (TPSA) is 65.0 Å². The van der Waals surface area contributed by atoms with Crippen LogP contribution in [0.3, 0.4) is 0 Å². The lowest BCUT2D eigenvalue weighted by molar-refractivity contribution is -0.143. The normalized spacial score (nSPS) is 21.8. The van der Waals surface area contributed by atoms with E-state index >= 15 is 0 Å². The largest absolute Gasteiger partial charge is 0.401 e. The van der Waals surface area contributed by atoms with E-state index in [1.165, 1.54) is 4.90 Å². The quantitative estimate of drug-likeness (QED) is 0.573. The molecule has 0 spiro atoms. The fraction of sp³-hybridized carbons (Fsp3) is 0.667. The summed E-state index contributed by atoms with van der Waals surface area (Å²) in [5, 5.41) is 6.48. The Morgan fingerprint density at radius 3 is 2.82 bits per heavy atom. The molecule has 0 amide bonds. The van der Waals surface area contributed by atoms with Crippen molar-refractivity contribution in [3.8, 4) is 0 Å². The number of anilines is 1. The highest BCUT2D eigenvalue weighted by Crippen LogP contribution is 2.20. The molecule has 1 unspecified atom stereocenters. The number of ether oxygens (including phenoxy) is 1. The minimum absolute atomic E-state index is 0.0545. The van der Waals surface area contributed by atoms with Gasteiger partial charge in [0.2, 0.25) is 0 Å². The molecule has 1 aromatic rings. The molecule has 1 aromatic heterocycles. The van der Waals surface area contributed by atoms with Crippen molar-refractivity contribution in [1.29, 1.82) is 0 Å². The molecule has 10 heteroatoms. The van der Waals surface area contributed by atoms with Crippen LogP contribution < -0.4 is 15.5 Å². The van der Waals surface area contributed by atoms with Crippen molar-refractivity contribution in [2.24, 2.45) is 4.99 Å². The van der Waals surface area contributed by atoms with Crippen molar-refractivity contribution in [2.75, 3.05) is 57.9 Å². The maximum Gasteiger partial charge on any atom is 0.401 e. The van der Waals surface area contributed by atoms with Gasteiger partial charge in [0, 0.05) is 57.6 Å². The maximum absolute atomic E-state index is 12.5. The SMILES string of the molecule is CN=C(NCc1cccnc1N1CCOCC1)NC1CCN(CC(F)(F)F)C1. The molecule has 0 saturated carbocycles. The zero-order chi connectivity index (χ0) is 20.0. The number of morpholine rings is 1. The summed E-state index contributed by atoms with van der Waals surface area (Å²) in [7, 11) is 1.66. The average molecular weight is 400 g/mol. The van der Waals surface area contributed by atoms with Gasteiger partial charge in [-0.05, 0) is 12.5 Å². The molecule has 3 rings (SSSR count). The van der Waals surface area contributed by atoms with E-state index in [0.29, 0.717) is 45.2 Å². The van der Waals surface area contributed by atoms with Crippen LogP contribution in [0.1, 0.15) is 12.0 Å². The highest BCUT2D eigenvalue weighted by Gasteiger charge is 2.34. The van der Waals surface area contributed by atoms with Gasteiger partial charge in [0.15, 0.2) is 5.96 Å². The Kier molecular flexibility index (Phi) is 6.95. The van der Waals surface area contributed by atoms with Gasteiger partial charge in [0.1, 0.15) is 5.82 Å². The molecule has 0 bridgehead atoms. The molecule has 1 atom stereocenters. The number of rotatable bonds is 5. The number of pyridine rings is 1. The Labute approximate surface area is 163 Å². The van der Waals surface area contributed by atoms with Gasteiger partial charge < -0.3 is 20.3 Å². The summed E-state index contributed by atoms with van der Waals surface area (Å²) in [4.78, 5) is 12.3. The van der Waals surface area contributed by atoms with Crippen molar-refractivity contribution in [3.05, 3.63) is 23.9 Å².